The van der Waals surface area contributed by atoms with Crippen LogP contribution >= 0.6 is 11.6 Å². The molecule has 4 aromatic rings. The van der Waals surface area contributed by atoms with Gasteiger partial charge >= 0.3 is 0 Å². The van der Waals surface area contributed by atoms with Crippen LogP contribution in [0.4, 0.5) is 17.5 Å². The van der Waals surface area contributed by atoms with Gasteiger partial charge in [-0.05, 0) is 49.7 Å². The molecule has 0 unspecified atom stereocenters. The Bertz CT molecular complexity index is 1080. The number of anilines is 3. The Morgan fingerprint density at radius 1 is 1.04 bits per heavy atom. The molecule has 0 bridgehead atoms. The number of benzene rings is 2. The molecule has 6 nitrogen and oxygen atoms in total. The van der Waals surface area contributed by atoms with Crippen LogP contribution in [-0.4, -0.2) is 25.8 Å². The number of nitrogens with zero attached hydrogens (tertiary/aromatic N) is 4. The van der Waals surface area contributed by atoms with Crippen molar-refractivity contribution in [1.29, 1.82) is 0 Å². The van der Waals surface area contributed by atoms with Crippen molar-refractivity contribution in [3.63, 3.8) is 0 Å². The second-order valence-electron chi connectivity index (χ2n) is 6.61. The first-order chi connectivity index (χ1) is 13.6. The number of rotatable bonds is 6. The summed E-state index contributed by atoms with van der Waals surface area (Å²) in [4.78, 5) is 9.43. The average molecular weight is 393 g/mol. The molecule has 0 saturated heterocycles. The van der Waals surface area contributed by atoms with Crippen LogP contribution < -0.4 is 10.6 Å². The maximum atomic E-state index is 6.00. The van der Waals surface area contributed by atoms with Gasteiger partial charge in [0.15, 0.2) is 5.65 Å². The molecule has 0 radical (unpaired) electrons. The highest BCUT2D eigenvalue weighted by molar-refractivity contribution is 6.30. The monoisotopic (exact) mass is 392 g/mol. The summed E-state index contributed by atoms with van der Waals surface area (Å²) in [6, 6.07) is 17.7. The molecule has 2 N–H and O–H groups in total. The first-order valence-electron chi connectivity index (χ1n) is 9.24. The first-order valence-corrected chi connectivity index (χ1v) is 9.62. The van der Waals surface area contributed by atoms with Crippen LogP contribution in [0.25, 0.3) is 16.7 Å². The number of aromatic nitrogens is 4. The molecule has 2 aromatic carbocycles. The molecule has 7 heteroatoms. The lowest BCUT2D eigenvalue weighted by Crippen LogP contribution is -2.16. The van der Waals surface area contributed by atoms with E-state index in [4.69, 9.17) is 21.6 Å². The maximum Gasteiger partial charge on any atom is 0.226 e. The molecule has 0 amide bonds. The first kappa shape index (κ1) is 18.3. The number of halogens is 1. The van der Waals surface area contributed by atoms with Gasteiger partial charge in [0.1, 0.15) is 5.82 Å². The van der Waals surface area contributed by atoms with E-state index in [2.05, 4.69) is 29.6 Å². The van der Waals surface area contributed by atoms with Gasteiger partial charge in [0, 0.05) is 16.8 Å². The standard InChI is InChI=1S/C21H21ClN6/c1-3-14(2)24-21-26-19(25-16-11-9-15(22)10-12-16)18-13-23-28(20(18)27-21)17-7-5-4-6-8-17/h4-14H,3H2,1-2H3,(H2,24,25,26,27)/t14-/m1/s1. The molecule has 2 aromatic heterocycles. The number of nitrogens with one attached hydrogen (secondary N) is 2. The minimum absolute atomic E-state index is 0.258. The maximum absolute atomic E-state index is 6.00. The minimum Gasteiger partial charge on any atom is -0.352 e. The van der Waals surface area contributed by atoms with E-state index in [0.29, 0.717) is 16.8 Å². The number of hydrogen-bond donors (Lipinski definition) is 2. The van der Waals surface area contributed by atoms with Crippen molar-refractivity contribution >= 4 is 40.1 Å². The molecule has 1 atom stereocenters. The third-order valence-corrected chi connectivity index (χ3v) is 4.78. The van der Waals surface area contributed by atoms with Crippen LogP contribution in [0.2, 0.25) is 5.02 Å². The van der Waals surface area contributed by atoms with Gasteiger partial charge in [-0.25, -0.2) is 4.68 Å². The Hall–Kier alpha value is -3.12. The molecular weight excluding hydrogens is 372 g/mol. The second kappa shape index (κ2) is 7.86. The average Bonchev–Trinajstić information content (AvgIpc) is 3.14. The zero-order chi connectivity index (χ0) is 19.5. The van der Waals surface area contributed by atoms with Gasteiger partial charge in [-0.3, -0.25) is 0 Å². The van der Waals surface area contributed by atoms with Gasteiger partial charge in [-0.1, -0.05) is 36.7 Å². The fourth-order valence-corrected chi connectivity index (χ4v) is 2.94. The largest absolute Gasteiger partial charge is 0.352 e. The molecule has 4 rings (SSSR count). The molecule has 28 heavy (non-hydrogen) atoms. The predicted molar refractivity (Wildman–Crippen MR) is 115 cm³/mol. The summed E-state index contributed by atoms with van der Waals surface area (Å²) in [6.07, 6.45) is 2.76. The molecule has 0 aliphatic rings. The van der Waals surface area contributed by atoms with Gasteiger partial charge in [-0.15, -0.1) is 0 Å². The SMILES string of the molecule is CC[C@@H](C)Nc1nc(Nc2ccc(Cl)cc2)c2cnn(-c3ccccc3)c2n1. The molecule has 142 valence electrons. The van der Waals surface area contributed by atoms with Crippen molar-refractivity contribution in [2.45, 2.75) is 26.3 Å². The van der Waals surface area contributed by atoms with Gasteiger partial charge in [-0.2, -0.15) is 15.1 Å². The highest BCUT2D eigenvalue weighted by atomic mass is 35.5. The Labute approximate surface area is 168 Å². The predicted octanol–water partition coefficient (Wildman–Crippen LogP) is 5.42. The van der Waals surface area contributed by atoms with E-state index in [0.717, 1.165) is 28.8 Å². The van der Waals surface area contributed by atoms with E-state index >= 15 is 0 Å². The van der Waals surface area contributed by atoms with Crippen molar-refractivity contribution in [1.82, 2.24) is 19.7 Å². The lowest BCUT2D eigenvalue weighted by Gasteiger charge is -2.14. The second-order valence-corrected chi connectivity index (χ2v) is 7.05. The van der Waals surface area contributed by atoms with Crippen molar-refractivity contribution in [2.24, 2.45) is 0 Å². The van der Waals surface area contributed by atoms with Crippen LogP contribution in [0.1, 0.15) is 20.3 Å². The Morgan fingerprint density at radius 2 is 1.79 bits per heavy atom. The molecule has 0 spiro atoms. The lowest BCUT2D eigenvalue weighted by atomic mass is 10.3. The highest BCUT2D eigenvalue weighted by Crippen LogP contribution is 2.27. The smallest absolute Gasteiger partial charge is 0.226 e. The normalized spacial score (nSPS) is 12.1. The molecule has 0 fully saturated rings. The van der Waals surface area contributed by atoms with Crippen molar-refractivity contribution in [3.8, 4) is 5.69 Å². The molecule has 0 saturated carbocycles. The summed E-state index contributed by atoms with van der Waals surface area (Å²) in [5.74, 6) is 1.26. The quantitative estimate of drug-likeness (QED) is 0.458. The number of hydrogen-bond acceptors (Lipinski definition) is 5. The van der Waals surface area contributed by atoms with Crippen molar-refractivity contribution in [3.05, 3.63) is 65.8 Å². The fraction of sp³-hybridized carbons (Fsp3) is 0.190. The topological polar surface area (TPSA) is 67.7 Å². The minimum atomic E-state index is 0.258. The number of para-hydroxylation sites is 1. The van der Waals surface area contributed by atoms with Gasteiger partial charge < -0.3 is 10.6 Å². The summed E-state index contributed by atoms with van der Waals surface area (Å²) >= 11 is 6.00. The summed E-state index contributed by atoms with van der Waals surface area (Å²) < 4.78 is 1.83. The van der Waals surface area contributed by atoms with E-state index < -0.39 is 0 Å². The van der Waals surface area contributed by atoms with E-state index in [1.54, 1.807) is 6.20 Å². The fourth-order valence-electron chi connectivity index (χ4n) is 2.82. The van der Waals surface area contributed by atoms with Crippen LogP contribution in [0, 0.1) is 0 Å². The third-order valence-electron chi connectivity index (χ3n) is 4.52. The lowest BCUT2D eigenvalue weighted by molar-refractivity contribution is 0.753. The number of fused-ring (bicyclic) bond motifs is 1. The van der Waals surface area contributed by atoms with Gasteiger partial charge in [0.05, 0.1) is 17.3 Å². The van der Waals surface area contributed by atoms with Gasteiger partial charge in [0.25, 0.3) is 0 Å². The molecule has 0 aliphatic heterocycles. The van der Waals surface area contributed by atoms with Crippen LogP contribution in [0.15, 0.2) is 60.8 Å². The Kier molecular flexibility index (Phi) is 5.12. The zero-order valence-corrected chi connectivity index (χ0v) is 16.5. The summed E-state index contributed by atoms with van der Waals surface area (Å²) in [5.41, 5.74) is 2.58. The van der Waals surface area contributed by atoms with Crippen molar-refractivity contribution < 1.29 is 0 Å². The van der Waals surface area contributed by atoms with E-state index in [-0.39, 0.29) is 6.04 Å². The van der Waals surface area contributed by atoms with Crippen LogP contribution in [-0.2, 0) is 0 Å². The van der Waals surface area contributed by atoms with Crippen LogP contribution in [0.5, 0.6) is 0 Å². The summed E-state index contributed by atoms with van der Waals surface area (Å²) in [5, 5.41) is 12.8. The van der Waals surface area contributed by atoms with E-state index in [1.807, 2.05) is 59.3 Å². The van der Waals surface area contributed by atoms with Crippen LogP contribution in [0.3, 0.4) is 0 Å². The Balaban J connectivity index is 1.82. The summed E-state index contributed by atoms with van der Waals surface area (Å²) in [6.45, 7) is 4.23. The van der Waals surface area contributed by atoms with E-state index in [1.165, 1.54) is 0 Å². The molecular formula is C21H21ClN6. The molecule has 2 heterocycles. The highest BCUT2D eigenvalue weighted by Gasteiger charge is 2.15. The summed E-state index contributed by atoms with van der Waals surface area (Å²) in [7, 11) is 0. The zero-order valence-electron chi connectivity index (χ0n) is 15.7. The molecule has 0 aliphatic carbocycles. The van der Waals surface area contributed by atoms with Gasteiger partial charge in [0.2, 0.25) is 5.95 Å². The third kappa shape index (κ3) is 3.77. The van der Waals surface area contributed by atoms with E-state index in [9.17, 15) is 0 Å². The Morgan fingerprint density at radius 3 is 2.50 bits per heavy atom. The van der Waals surface area contributed by atoms with Crippen molar-refractivity contribution in [2.75, 3.05) is 10.6 Å².